The summed E-state index contributed by atoms with van der Waals surface area (Å²) in [6, 6.07) is 0.507. The van der Waals surface area contributed by atoms with Crippen molar-refractivity contribution in [2.45, 2.75) is 39.7 Å². The molecule has 0 amide bonds. The van der Waals surface area contributed by atoms with Crippen molar-refractivity contribution >= 4 is 0 Å². The summed E-state index contributed by atoms with van der Waals surface area (Å²) in [6.07, 6.45) is 2.71. The zero-order valence-corrected chi connectivity index (χ0v) is 9.48. The molecule has 1 atom stereocenters. The van der Waals surface area contributed by atoms with Gasteiger partial charge in [-0.15, -0.1) is 0 Å². The molecule has 1 aliphatic rings. The highest BCUT2D eigenvalue weighted by atomic mass is 16.3. The van der Waals surface area contributed by atoms with E-state index in [2.05, 4.69) is 19.2 Å². The second kappa shape index (κ2) is 3.43. The van der Waals surface area contributed by atoms with E-state index >= 15 is 0 Å². The molecular weight excluding hydrogens is 174 g/mol. The molecule has 1 aliphatic carbocycles. The van der Waals surface area contributed by atoms with Gasteiger partial charge in [0.25, 0.3) is 0 Å². The number of hydrogen-bond acceptors (Lipinski definition) is 2. The van der Waals surface area contributed by atoms with Crippen molar-refractivity contribution in [3.63, 3.8) is 0 Å². The molecule has 1 N–H and O–H groups in total. The van der Waals surface area contributed by atoms with Gasteiger partial charge in [-0.25, -0.2) is 0 Å². The molecule has 78 valence electrons. The van der Waals surface area contributed by atoms with Gasteiger partial charge in [0.2, 0.25) is 0 Å². The summed E-state index contributed by atoms with van der Waals surface area (Å²) in [6.45, 7) is 6.28. The summed E-state index contributed by atoms with van der Waals surface area (Å²) in [7, 11) is 2.05. The average molecular weight is 193 g/mol. The van der Waals surface area contributed by atoms with Crippen molar-refractivity contribution in [3.05, 3.63) is 22.6 Å². The molecule has 0 spiro atoms. The van der Waals surface area contributed by atoms with E-state index in [0.29, 0.717) is 6.04 Å². The normalized spacial score (nSPS) is 18.6. The van der Waals surface area contributed by atoms with Gasteiger partial charge < -0.3 is 9.73 Å². The molecule has 0 saturated heterocycles. The van der Waals surface area contributed by atoms with E-state index in [1.165, 1.54) is 24.0 Å². The number of rotatable bonds is 3. The second-order valence-electron chi connectivity index (χ2n) is 4.36. The van der Waals surface area contributed by atoms with Crippen LogP contribution in [-0.2, 0) is 0 Å². The Morgan fingerprint density at radius 1 is 1.21 bits per heavy atom. The van der Waals surface area contributed by atoms with Crippen LogP contribution in [0.3, 0.4) is 0 Å². The highest BCUT2D eigenvalue weighted by Gasteiger charge is 2.34. The molecule has 0 aromatic carbocycles. The first-order valence-corrected chi connectivity index (χ1v) is 5.39. The largest absolute Gasteiger partial charge is 0.466 e. The van der Waals surface area contributed by atoms with Gasteiger partial charge >= 0.3 is 0 Å². The third kappa shape index (κ3) is 1.48. The molecule has 1 aromatic heterocycles. The van der Waals surface area contributed by atoms with Crippen molar-refractivity contribution < 1.29 is 4.42 Å². The lowest BCUT2D eigenvalue weighted by Gasteiger charge is -2.15. The van der Waals surface area contributed by atoms with Crippen molar-refractivity contribution in [1.82, 2.24) is 5.32 Å². The van der Waals surface area contributed by atoms with Gasteiger partial charge in [-0.3, -0.25) is 0 Å². The SMILES string of the molecule is CNC(c1c(C)oc(C)c1C)C1CC1. The standard InChI is InChI=1S/C12H19NO/c1-7-8(2)14-9(3)11(7)12(13-4)10-5-6-10/h10,12-13H,5-6H2,1-4H3. The van der Waals surface area contributed by atoms with Crippen molar-refractivity contribution in [3.8, 4) is 0 Å². The van der Waals surface area contributed by atoms with Crippen LogP contribution < -0.4 is 5.32 Å². The van der Waals surface area contributed by atoms with E-state index in [1.54, 1.807) is 0 Å². The quantitative estimate of drug-likeness (QED) is 0.798. The predicted molar refractivity (Wildman–Crippen MR) is 57.4 cm³/mol. The summed E-state index contributed by atoms with van der Waals surface area (Å²) in [5.41, 5.74) is 2.72. The zero-order valence-electron chi connectivity index (χ0n) is 9.48. The van der Waals surface area contributed by atoms with Gasteiger partial charge in [0.15, 0.2) is 0 Å². The summed E-state index contributed by atoms with van der Waals surface area (Å²) < 4.78 is 5.67. The van der Waals surface area contributed by atoms with Crippen LogP contribution in [-0.4, -0.2) is 7.05 Å². The molecule has 1 aromatic rings. The highest BCUT2D eigenvalue weighted by molar-refractivity contribution is 5.35. The zero-order chi connectivity index (χ0) is 10.3. The lowest BCUT2D eigenvalue weighted by molar-refractivity contribution is 0.477. The van der Waals surface area contributed by atoms with Crippen LogP contribution in [0.4, 0.5) is 0 Å². The van der Waals surface area contributed by atoms with E-state index in [0.717, 1.165) is 17.4 Å². The summed E-state index contributed by atoms with van der Waals surface area (Å²) in [5, 5.41) is 3.42. The van der Waals surface area contributed by atoms with Gasteiger partial charge in [0.1, 0.15) is 11.5 Å². The fraction of sp³-hybridized carbons (Fsp3) is 0.667. The van der Waals surface area contributed by atoms with Gasteiger partial charge in [-0.1, -0.05) is 0 Å². The minimum absolute atomic E-state index is 0.507. The maximum Gasteiger partial charge on any atom is 0.106 e. The smallest absolute Gasteiger partial charge is 0.106 e. The molecule has 0 aliphatic heterocycles. The molecular formula is C12H19NO. The molecule has 1 heterocycles. The topological polar surface area (TPSA) is 25.2 Å². The van der Waals surface area contributed by atoms with Gasteiger partial charge in [0, 0.05) is 11.6 Å². The van der Waals surface area contributed by atoms with Crippen molar-refractivity contribution in [1.29, 1.82) is 0 Å². The Labute approximate surface area is 85.7 Å². The Bertz CT molecular complexity index is 336. The lowest BCUT2D eigenvalue weighted by Crippen LogP contribution is -2.19. The Hall–Kier alpha value is -0.760. The van der Waals surface area contributed by atoms with E-state index in [-0.39, 0.29) is 0 Å². The molecule has 0 radical (unpaired) electrons. The highest BCUT2D eigenvalue weighted by Crippen LogP contribution is 2.43. The van der Waals surface area contributed by atoms with Crippen LogP contribution in [0.15, 0.2) is 4.42 Å². The molecule has 0 bridgehead atoms. The Morgan fingerprint density at radius 3 is 2.21 bits per heavy atom. The Kier molecular flexibility index (Phi) is 2.40. The molecule has 1 fully saturated rings. The number of hydrogen-bond donors (Lipinski definition) is 1. The monoisotopic (exact) mass is 193 g/mol. The molecule has 2 heteroatoms. The molecule has 2 rings (SSSR count). The third-order valence-corrected chi connectivity index (χ3v) is 3.33. The summed E-state index contributed by atoms with van der Waals surface area (Å²) in [4.78, 5) is 0. The van der Waals surface area contributed by atoms with Crippen LogP contribution >= 0.6 is 0 Å². The maximum atomic E-state index is 5.67. The van der Waals surface area contributed by atoms with Crippen LogP contribution in [0, 0.1) is 26.7 Å². The maximum absolute atomic E-state index is 5.67. The third-order valence-electron chi connectivity index (χ3n) is 3.33. The van der Waals surface area contributed by atoms with Crippen LogP contribution in [0.5, 0.6) is 0 Å². The fourth-order valence-corrected chi connectivity index (χ4v) is 2.31. The molecule has 14 heavy (non-hydrogen) atoms. The summed E-state index contributed by atoms with van der Waals surface area (Å²) in [5.74, 6) is 2.99. The Morgan fingerprint density at radius 2 is 1.86 bits per heavy atom. The molecule has 2 nitrogen and oxygen atoms in total. The Balaban J connectivity index is 2.37. The van der Waals surface area contributed by atoms with E-state index in [1.807, 2.05) is 14.0 Å². The van der Waals surface area contributed by atoms with Gasteiger partial charge in [-0.05, 0) is 52.1 Å². The first-order valence-electron chi connectivity index (χ1n) is 5.39. The van der Waals surface area contributed by atoms with E-state index < -0.39 is 0 Å². The fourth-order valence-electron chi connectivity index (χ4n) is 2.31. The van der Waals surface area contributed by atoms with Crippen LogP contribution in [0.2, 0.25) is 0 Å². The molecule has 1 unspecified atom stereocenters. The first-order chi connectivity index (χ1) is 6.65. The lowest BCUT2D eigenvalue weighted by atomic mass is 9.98. The van der Waals surface area contributed by atoms with Gasteiger partial charge in [-0.2, -0.15) is 0 Å². The van der Waals surface area contributed by atoms with Crippen molar-refractivity contribution in [2.24, 2.45) is 5.92 Å². The molecule has 1 saturated carbocycles. The summed E-state index contributed by atoms with van der Waals surface area (Å²) >= 11 is 0. The minimum Gasteiger partial charge on any atom is -0.466 e. The average Bonchev–Trinajstić information content (AvgIpc) is 2.91. The van der Waals surface area contributed by atoms with E-state index in [4.69, 9.17) is 4.42 Å². The van der Waals surface area contributed by atoms with Crippen molar-refractivity contribution in [2.75, 3.05) is 7.05 Å². The minimum atomic E-state index is 0.507. The predicted octanol–water partition coefficient (Wildman–Crippen LogP) is 2.88. The van der Waals surface area contributed by atoms with Crippen LogP contribution in [0.1, 0.15) is 41.5 Å². The number of furan rings is 1. The second-order valence-corrected chi connectivity index (χ2v) is 4.36. The van der Waals surface area contributed by atoms with E-state index in [9.17, 15) is 0 Å². The van der Waals surface area contributed by atoms with Gasteiger partial charge in [0.05, 0.1) is 0 Å². The van der Waals surface area contributed by atoms with Crippen LogP contribution in [0.25, 0.3) is 0 Å². The first kappa shape index (κ1) is 9.78. The number of nitrogens with one attached hydrogen (secondary N) is 1. The number of aryl methyl sites for hydroxylation is 2.